The second-order valence-electron chi connectivity index (χ2n) is 4.82. The molecule has 0 bridgehead atoms. The molecule has 3 nitrogen and oxygen atoms in total. The fraction of sp³-hybridized carbons (Fsp3) is 0.438. The highest BCUT2D eigenvalue weighted by molar-refractivity contribution is 5.68. The van der Waals surface area contributed by atoms with Crippen molar-refractivity contribution in [3.8, 4) is 0 Å². The maximum Gasteiger partial charge on any atom is 0.410 e. The maximum absolute atomic E-state index is 12.1. The number of ether oxygens (including phenoxy) is 1. The van der Waals surface area contributed by atoms with Crippen molar-refractivity contribution in [2.24, 2.45) is 0 Å². The fourth-order valence-corrected chi connectivity index (χ4v) is 2.41. The average Bonchev–Trinajstić information content (AvgIpc) is 2.47. The molecule has 1 saturated heterocycles. The molecular weight excluding hydrogens is 238 g/mol. The topological polar surface area (TPSA) is 29.5 Å². The minimum absolute atomic E-state index is 0.196. The van der Waals surface area contributed by atoms with E-state index in [1.165, 1.54) is 6.42 Å². The van der Waals surface area contributed by atoms with Gasteiger partial charge in [0.05, 0.1) is 6.04 Å². The Morgan fingerprint density at radius 1 is 1.37 bits per heavy atom. The van der Waals surface area contributed by atoms with Crippen LogP contribution in [0.3, 0.4) is 0 Å². The Morgan fingerprint density at radius 3 is 2.89 bits per heavy atom. The lowest BCUT2D eigenvalue weighted by Gasteiger charge is -2.33. The first-order chi connectivity index (χ1) is 9.31. The molecule has 1 heterocycles. The van der Waals surface area contributed by atoms with Gasteiger partial charge in [-0.05, 0) is 31.7 Å². The van der Waals surface area contributed by atoms with Crippen molar-refractivity contribution in [1.82, 2.24) is 4.90 Å². The minimum Gasteiger partial charge on any atom is -0.445 e. The van der Waals surface area contributed by atoms with Gasteiger partial charge in [0.1, 0.15) is 6.61 Å². The number of benzene rings is 1. The summed E-state index contributed by atoms with van der Waals surface area (Å²) in [6.07, 6.45) is 7.17. The molecule has 1 aromatic carbocycles. The van der Waals surface area contributed by atoms with E-state index >= 15 is 0 Å². The number of likely N-dealkylation sites (tertiary alicyclic amines) is 1. The van der Waals surface area contributed by atoms with Crippen molar-refractivity contribution >= 4 is 6.09 Å². The molecule has 0 spiro atoms. The molecule has 1 amide bonds. The van der Waals surface area contributed by atoms with Crippen LogP contribution in [0.1, 0.15) is 31.7 Å². The lowest BCUT2D eigenvalue weighted by atomic mass is 10.0. The predicted octanol–water partition coefficient (Wildman–Crippen LogP) is 3.75. The monoisotopic (exact) mass is 259 g/mol. The fourth-order valence-electron chi connectivity index (χ4n) is 2.41. The quantitative estimate of drug-likeness (QED) is 0.774. The van der Waals surface area contributed by atoms with Gasteiger partial charge >= 0.3 is 6.09 Å². The molecule has 2 rings (SSSR count). The highest BCUT2D eigenvalue weighted by Gasteiger charge is 2.25. The standard InChI is InChI=1S/C16H21NO2/c1-2-8-15-11-6-7-12-17(15)16(18)19-13-14-9-4-3-5-10-14/h2-5,8-10,15H,6-7,11-13H2,1H3/b8-2+/t15-/m0/s1. The third kappa shape index (κ3) is 3.85. The molecule has 0 radical (unpaired) electrons. The summed E-state index contributed by atoms with van der Waals surface area (Å²) < 4.78 is 5.40. The molecule has 1 aliphatic rings. The zero-order valence-electron chi connectivity index (χ0n) is 11.4. The number of allylic oxidation sites excluding steroid dienone is 1. The van der Waals surface area contributed by atoms with E-state index in [0.29, 0.717) is 6.61 Å². The van der Waals surface area contributed by atoms with E-state index in [1.54, 1.807) is 0 Å². The highest BCUT2D eigenvalue weighted by Crippen LogP contribution is 2.19. The first-order valence-corrected chi connectivity index (χ1v) is 6.91. The van der Waals surface area contributed by atoms with Crippen LogP contribution >= 0.6 is 0 Å². The number of hydrogen-bond donors (Lipinski definition) is 0. The van der Waals surface area contributed by atoms with Crippen molar-refractivity contribution in [2.75, 3.05) is 6.54 Å². The molecule has 0 unspecified atom stereocenters. The largest absolute Gasteiger partial charge is 0.445 e. The number of piperidine rings is 1. The van der Waals surface area contributed by atoms with Crippen molar-refractivity contribution in [3.05, 3.63) is 48.0 Å². The van der Waals surface area contributed by atoms with E-state index in [9.17, 15) is 4.79 Å². The molecule has 1 aromatic rings. The third-order valence-corrected chi connectivity index (χ3v) is 3.40. The lowest BCUT2D eigenvalue weighted by molar-refractivity contribution is 0.0775. The van der Waals surface area contributed by atoms with Gasteiger partial charge in [-0.15, -0.1) is 0 Å². The molecular formula is C16H21NO2. The van der Waals surface area contributed by atoms with Gasteiger partial charge in [-0.3, -0.25) is 0 Å². The smallest absolute Gasteiger partial charge is 0.410 e. The van der Waals surface area contributed by atoms with Gasteiger partial charge in [0.2, 0.25) is 0 Å². The molecule has 1 aliphatic heterocycles. The van der Waals surface area contributed by atoms with Gasteiger partial charge < -0.3 is 9.64 Å². The summed E-state index contributed by atoms with van der Waals surface area (Å²) >= 11 is 0. The Balaban J connectivity index is 1.91. The Bertz CT molecular complexity index is 428. The van der Waals surface area contributed by atoms with Crippen LogP contribution in [0.5, 0.6) is 0 Å². The summed E-state index contributed by atoms with van der Waals surface area (Å²) in [4.78, 5) is 14.0. The van der Waals surface area contributed by atoms with Crippen LogP contribution < -0.4 is 0 Å². The Hall–Kier alpha value is -1.77. The van der Waals surface area contributed by atoms with Crippen molar-refractivity contribution < 1.29 is 9.53 Å². The molecule has 0 N–H and O–H groups in total. The van der Waals surface area contributed by atoms with Crippen molar-refractivity contribution in [2.45, 2.75) is 38.8 Å². The third-order valence-electron chi connectivity index (χ3n) is 3.40. The Morgan fingerprint density at radius 2 is 2.16 bits per heavy atom. The maximum atomic E-state index is 12.1. The molecule has 1 atom stereocenters. The molecule has 3 heteroatoms. The van der Waals surface area contributed by atoms with Gasteiger partial charge in [0, 0.05) is 6.54 Å². The predicted molar refractivity (Wildman–Crippen MR) is 75.8 cm³/mol. The molecule has 102 valence electrons. The summed E-state index contributed by atoms with van der Waals surface area (Å²) in [6.45, 7) is 3.13. The second-order valence-corrected chi connectivity index (χ2v) is 4.82. The zero-order chi connectivity index (χ0) is 13.5. The minimum atomic E-state index is -0.202. The molecule has 0 aliphatic carbocycles. The van der Waals surface area contributed by atoms with Crippen molar-refractivity contribution in [3.63, 3.8) is 0 Å². The summed E-state index contributed by atoms with van der Waals surface area (Å²) in [5, 5.41) is 0. The average molecular weight is 259 g/mol. The number of rotatable bonds is 3. The SMILES string of the molecule is C/C=C/[C@H]1CCCCN1C(=O)OCc1ccccc1. The molecule has 0 aromatic heterocycles. The summed E-state index contributed by atoms with van der Waals surface area (Å²) in [6, 6.07) is 9.99. The number of carbonyl (C=O) groups excluding carboxylic acids is 1. The van der Waals surface area contributed by atoms with E-state index in [0.717, 1.165) is 24.9 Å². The van der Waals surface area contributed by atoms with E-state index in [-0.39, 0.29) is 12.1 Å². The number of hydrogen-bond acceptors (Lipinski definition) is 2. The van der Waals surface area contributed by atoms with Gasteiger partial charge in [-0.2, -0.15) is 0 Å². The molecule has 1 fully saturated rings. The van der Waals surface area contributed by atoms with Crippen LogP contribution in [0, 0.1) is 0 Å². The van der Waals surface area contributed by atoms with Crippen LogP contribution in [0.4, 0.5) is 4.79 Å². The van der Waals surface area contributed by atoms with Crippen LogP contribution in [0.25, 0.3) is 0 Å². The summed E-state index contributed by atoms with van der Waals surface area (Å²) in [5.74, 6) is 0. The first kappa shape index (κ1) is 13.7. The zero-order valence-corrected chi connectivity index (χ0v) is 11.4. The van der Waals surface area contributed by atoms with Crippen LogP contribution in [0.2, 0.25) is 0 Å². The van der Waals surface area contributed by atoms with Crippen LogP contribution in [-0.2, 0) is 11.3 Å². The molecule has 19 heavy (non-hydrogen) atoms. The number of carbonyl (C=O) groups is 1. The Labute approximate surface area is 114 Å². The Kier molecular flexibility index (Phi) is 5.01. The highest BCUT2D eigenvalue weighted by atomic mass is 16.6. The van der Waals surface area contributed by atoms with E-state index in [4.69, 9.17) is 4.74 Å². The van der Waals surface area contributed by atoms with Gasteiger partial charge in [0.15, 0.2) is 0 Å². The van der Waals surface area contributed by atoms with Crippen LogP contribution in [0.15, 0.2) is 42.5 Å². The van der Waals surface area contributed by atoms with E-state index in [1.807, 2.05) is 48.2 Å². The number of amides is 1. The van der Waals surface area contributed by atoms with E-state index < -0.39 is 0 Å². The molecule has 0 saturated carbocycles. The summed E-state index contributed by atoms with van der Waals surface area (Å²) in [7, 11) is 0. The van der Waals surface area contributed by atoms with Gasteiger partial charge in [0.25, 0.3) is 0 Å². The normalized spacial score (nSPS) is 19.6. The summed E-state index contributed by atoms with van der Waals surface area (Å²) in [5.41, 5.74) is 1.02. The number of nitrogens with zero attached hydrogens (tertiary/aromatic N) is 1. The first-order valence-electron chi connectivity index (χ1n) is 6.91. The van der Waals surface area contributed by atoms with Crippen molar-refractivity contribution in [1.29, 1.82) is 0 Å². The van der Waals surface area contributed by atoms with Gasteiger partial charge in [-0.1, -0.05) is 42.5 Å². The second kappa shape index (κ2) is 6.98. The van der Waals surface area contributed by atoms with Crippen LogP contribution in [-0.4, -0.2) is 23.6 Å². The van der Waals surface area contributed by atoms with E-state index in [2.05, 4.69) is 6.08 Å². The lowest BCUT2D eigenvalue weighted by Crippen LogP contribution is -2.42. The van der Waals surface area contributed by atoms with Gasteiger partial charge in [-0.25, -0.2) is 4.79 Å².